The molecule has 3 heteroatoms. The molecule has 2 atom stereocenters. The molecule has 0 radical (unpaired) electrons. The fraction of sp³-hybridized carbons (Fsp3) is 0.875. The first kappa shape index (κ1) is 8.68. The number of rotatable bonds is 5. The third-order valence-corrected chi connectivity index (χ3v) is 1.70. The van der Waals surface area contributed by atoms with Gasteiger partial charge in [0.05, 0.1) is 12.7 Å². The SMILES string of the molecule is C[C@@H](N)CC(=O)CCC1CO1. The van der Waals surface area contributed by atoms with Crippen molar-refractivity contribution in [3.8, 4) is 0 Å². The van der Waals surface area contributed by atoms with Crippen molar-refractivity contribution >= 4 is 5.78 Å². The normalized spacial score (nSPS) is 24.7. The van der Waals surface area contributed by atoms with E-state index in [2.05, 4.69) is 0 Å². The average Bonchev–Trinajstić information content (AvgIpc) is 2.63. The highest BCUT2D eigenvalue weighted by molar-refractivity contribution is 5.78. The van der Waals surface area contributed by atoms with Gasteiger partial charge in [0.1, 0.15) is 5.78 Å². The molecule has 0 bridgehead atoms. The van der Waals surface area contributed by atoms with Crippen molar-refractivity contribution in [2.75, 3.05) is 6.61 Å². The molecule has 3 nitrogen and oxygen atoms in total. The summed E-state index contributed by atoms with van der Waals surface area (Å²) in [5, 5.41) is 0. The van der Waals surface area contributed by atoms with Gasteiger partial charge in [-0.05, 0) is 13.3 Å². The molecule has 0 aromatic carbocycles. The second-order valence-electron chi connectivity index (χ2n) is 3.21. The standard InChI is InChI=1S/C8H15NO2/c1-6(9)4-7(10)2-3-8-5-11-8/h6,8H,2-5,9H2,1H3/t6-,8?/m1/s1. The minimum absolute atomic E-state index is 0.00243. The van der Waals surface area contributed by atoms with Crippen LogP contribution in [-0.4, -0.2) is 24.5 Å². The molecule has 0 spiro atoms. The third kappa shape index (κ3) is 4.11. The highest BCUT2D eigenvalue weighted by Crippen LogP contribution is 2.15. The predicted molar refractivity (Wildman–Crippen MR) is 42.2 cm³/mol. The van der Waals surface area contributed by atoms with E-state index in [9.17, 15) is 4.79 Å². The van der Waals surface area contributed by atoms with Crippen LogP contribution in [0.2, 0.25) is 0 Å². The molecule has 1 fully saturated rings. The minimum Gasteiger partial charge on any atom is -0.373 e. The zero-order valence-electron chi connectivity index (χ0n) is 6.88. The Kier molecular flexibility index (Phi) is 3.02. The maximum atomic E-state index is 11.1. The van der Waals surface area contributed by atoms with Crippen molar-refractivity contribution in [2.45, 2.75) is 38.3 Å². The number of hydrogen-bond donors (Lipinski definition) is 1. The summed E-state index contributed by atoms with van der Waals surface area (Å²) in [6.45, 7) is 2.69. The van der Waals surface area contributed by atoms with E-state index < -0.39 is 0 Å². The highest BCUT2D eigenvalue weighted by atomic mass is 16.6. The summed E-state index contributed by atoms with van der Waals surface area (Å²) in [7, 11) is 0. The molecule has 0 saturated carbocycles. The van der Waals surface area contributed by atoms with Gasteiger partial charge in [0.2, 0.25) is 0 Å². The molecular weight excluding hydrogens is 142 g/mol. The maximum Gasteiger partial charge on any atom is 0.134 e. The quantitative estimate of drug-likeness (QED) is 0.590. The van der Waals surface area contributed by atoms with Gasteiger partial charge in [0, 0.05) is 18.9 Å². The van der Waals surface area contributed by atoms with Crippen LogP contribution in [0.5, 0.6) is 0 Å². The van der Waals surface area contributed by atoms with Gasteiger partial charge in [0.15, 0.2) is 0 Å². The molecule has 0 aliphatic carbocycles. The number of nitrogens with two attached hydrogens (primary N) is 1. The van der Waals surface area contributed by atoms with Crippen molar-refractivity contribution in [2.24, 2.45) is 5.73 Å². The fourth-order valence-corrected chi connectivity index (χ4v) is 1.02. The predicted octanol–water partition coefficient (Wildman–Crippen LogP) is 0.472. The van der Waals surface area contributed by atoms with Crippen molar-refractivity contribution in [1.29, 1.82) is 0 Å². The first-order valence-electron chi connectivity index (χ1n) is 4.07. The van der Waals surface area contributed by atoms with Crippen molar-refractivity contribution in [3.05, 3.63) is 0 Å². The molecule has 64 valence electrons. The third-order valence-electron chi connectivity index (χ3n) is 1.70. The van der Waals surface area contributed by atoms with Gasteiger partial charge < -0.3 is 10.5 Å². The van der Waals surface area contributed by atoms with E-state index in [4.69, 9.17) is 10.5 Å². The Bertz CT molecular complexity index is 141. The summed E-state index contributed by atoms with van der Waals surface area (Å²) in [6.07, 6.45) is 2.39. The van der Waals surface area contributed by atoms with Crippen LogP contribution in [0.25, 0.3) is 0 Å². The van der Waals surface area contributed by atoms with Crippen LogP contribution < -0.4 is 5.73 Å². The van der Waals surface area contributed by atoms with Gasteiger partial charge in [-0.2, -0.15) is 0 Å². The second-order valence-corrected chi connectivity index (χ2v) is 3.21. The Morgan fingerprint density at radius 2 is 2.45 bits per heavy atom. The molecule has 1 aliphatic rings. The molecule has 2 N–H and O–H groups in total. The molecule has 0 aromatic heterocycles. The highest BCUT2D eigenvalue weighted by Gasteiger charge is 2.22. The molecular formula is C8H15NO2. The first-order chi connectivity index (χ1) is 5.18. The van der Waals surface area contributed by atoms with Gasteiger partial charge in [-0.3, -0.25) is 4.79 Å². The lowest BCUT2D eigenvalue weighted by atomic mass is 10.1. The molecule has 1 saturated heterocycles. The Balaban J connectivity index is 2.00. The van der Waals surface area contributed by atoms with E-state index in [1.54, 1.807) is 0 Å². The summed E-state index contributed by atoms with van der Waals surface area (Å²) in [4.78, 5) is 11.1. The van der Waals surface area contributed by atoms with E-state index in [0.717, 1.165) is 13.0 Å². The monoisotopic (exact) mass is 157 g/mol. The van der Waals surface area contributed by atoms with Crippen molar-refractivity contribution in [3.63, 3.8) is 0 Å². The number of ether oxygens (including phenoxy) is 1. The second kappa shape index (κ2) is 3.83. The maximum absolute atomic E-state index is 11.1. The minimum atomic E-state index is 0.00243. The molecule has 11 heavy (non-hydrogen) atoms. The van der Waals surface area contributed by atoms with E-state index in [-0.39, 0.29) is 11.8 Å². The van der Waals surface area contributed by atoms with E-state index in [1.807, 2.05) is 6.92 Å². The van der Waals surface area contributed by atoms with Crippen LogP contribution in [0.3, 0.4) is 0 Å². The van der Waals surface area contributed by atoms with Crippen LogP contribution in [0.15, 0.2) is 0 Å². The van der Waals surface area contributed by atoms with Crippen molar-refractivity contribution < 1.29 is 9.53 Å². The van der Waals surface area contributed by atoms with Gasteiger partial charge in [-0.25, -0.2) is 0 Å². The molecule has 1 heterocycles. The number of epoxide rings is 1. The van der Waals surface area contributed by atoms with E-state index in [1.165, 1.54) is 0 Å². The molecule has 1 unspecified atom stereocenters. The van der Waals surface area contributed by atoms with Crippen LogP contribution in [-0.2, 0) is 9.53 Å². The summed E-state index contributed by atoms with van der Waals surface area (Å²) in [6, 6.07) is 0.00243. The van der Waals surface area contributed by atoms with Gasteiger partial charge >= 0.3 is 0 Å². The molecule has 0 aromatic rings. The number of hydrogen-bond acceptors (Lipinski definition) is 3. The summed E-state index contributed by atoms with van der Waals surface area (Å²) in [5.41, 5.74) is 5.46. The Hall–Kier alpha value is -0.410. The lowest BCUT2D eigenvalue weighted by Crippen LogP contribution is -2.19. The van der Waals surface area contributed by atoms with E-state index >= 15 is 0 Å². The summed E-state index contributed by atoms with van der Waals surface area (Å²) in [5.74, 6) is 0.260. The Morgan fingerprint density at radius 1 is 1.82 bits per heavy atom. The van der Waals surface area contributed by atoms with E-state index in [0.29, 0.717) is 18.9 Å². The van der Waals surface area contributed by atoms with Crippen molar-refractivity contribution in [1.82, 2.24) is 0 Å². The molecule has 1 aliphatic heterocycles. The van der Waals surface area contributed by atoms with Gasteiger partial charge in [-0.1, -0.05) is 0 Å². The number of ketones is 1. The van der Waals surface area contributed by atoms with Crippen LogP contribution in [0.4, 0.5) is 0 Å². The zero-order chi connectivity index (χ0) is 8.27. The zero-order valence-corrected chi connectivity index (χ0v) is 6.88. The lowest BCUT2D eigenvalue weighted by Gasteiger charge is -2.01. The summed E-state index contributed by atoms with van der Waals surface area (Å²) >= 11 is 0. The fourth-order valence-electron chi connectivity index (χ4n) is 1.02. The lowest BCUT2D eigenvalue weighted by molar-refractivity contribution is -0.119. The topological polar surface area (TPSA) is 55.6 Å². The average molecular weight is 157 g/mol. The molecule has 0 amide bonds. The largest absolute Gasteiger partial charge is 0.373 e. The van der Waals surface area contributed by atoms with Crippen LogP contribution >= 0.6 is 0 Å². The van der Waals surface area contributed by atoms with Gasteiger partial charge in [0.25, 0.3) is 0 Å². The first-order valence-corrected chi connectivity index (χ1v) is 4.07. The number of carbonyl (C=O) groups excluding carboxylic acids is 1. The van der Waals surface area contributed by atoms with Crippen LogP contribution in [0.1, 0.15) is 26.2 Å². The Labute approximate surface area is 66.9 Å². The summed E-state index contributed by atoms with van der Waals surface area (Å²) < 4.78 is 4.98. The molecule has 1 rings (SSSR count). The van der Waals surface area contributed by atoms with Crippen LogP contribution in [0, 0.1) is 0 Å². The number of carbonyl (C=O) groups is 1. The van der Waals surface area contributed by atoms with Gasteiger partial charge in [-0.15, -0.1) is 0 Å². The smallest absolute Gasteiger partial charge is 0.134 e. The Morgan fingerprint density at radius 3 is 2.91 bits per heavy atom. The number of Topliss-reactive ketones (excluding diaryl/α,β-unsaturated/α-hetero) is 1.